The second-order valence-corrected chi connectivity index (χ2v) is 5.19. The Balaban J connectivity index is 2.57. The first kappa shape index (κ1) is 13.8. The maximum atomic E-state index is 11.5. The van der Waals surface area contributed by atoms with E-state index in [1.165, 1.54) is 0 Å². The van der Waals surface area contributed by atoms with E-state index in [0.29, 0.717) is 5.02 Å². The molecule has 0 aliphatic rings. The van der Waals surface area contributed by atoms with Gasteiger partial charge in [-0.25, -0.2) is 4.79 Å². The van der Waals surface area contributed by atoms with Gasteiger partial charge in [0.2, 0.25) is 0 Å². The molecule has 0 bridgehead atoms. The van der Waals surface area contributed by atoms with Crippen LogP contribution in [0.5, 0.6) is 0 Å². The second kappa shape index (κ2) is 5.41. The Labute approximate surface area is 107 Å². The van der Waals surface area contributed by atoms with Crippen LogP contribution in [0.2, 0.25) is 5.02 Å². The van der Waals surface area contributed by atoms with Crippen molar-refractivity contribution >= 4 is 17.7 Å². The van der Waals surface area contributed by atoms with Gasteiger partial charge < -0.3 is 10.1 Å². The Morgan fingerprint density at radius 2 is 1.88 bits per heavy atom. The largest absolute Gasteiger partial charge is 0.444 e. The molecule has 1 rings (SSSR count). The molecule has 0 aliphatic heterocycles. The number of alkyl carbamates (subject to hydrolysis) is 1. The van der Waals surface area contributed by atoms with Gasteiger partial charge >= 0.3 is 6.09 Å². The van der Waals surface area contributed by atoms with Crippen LogP contribution in [0.4, 0.5) is 4.79 Å². The van der Waals surface area contributed by atoms with Crippen LogP contribution in [0.25, 0.3) is 0 Å². The third-order valence-electron chi connectivity index (χ3n) is 1.96. The number of halogens is 1. The summed E-state index contributed by atoms with van der Waals surface area (Å²) < 4.78 is 5.14. The van der Waals surface area contributed by atoms with Crippen LogP contribution < -0.4 is 5.32 Å². The van der Waals surface area contributed by atoms with Gasteiger partial charge in [0.15, 0.2) is 0 Å². The highest BCUT2D eigenvalue weighted by Crippen LogP contribution is 2.16. The molecule has 3 nitrogen and oxygen atoms in total. The number of ether oxygens (including phenoxy) is 1. The van der Waals surface area contributed by atoms with Crippen LogP contribution >= 0.6 is 11.6 Å². The van der Waals surface area contributed by atoms with E-state index in [-0.39, 0.29) is 6.04 Å². The van der Waals surface area contributed by atoms with Gasteiger partial charge in [-0.05, 0) is 45.4 Å². The zero-order valence-corrected chi connectivity index (χ0v) is 11.0. The van der Waals surface area contributed by atoms with Crippen LogP contribution in [0.3, 0.4) is 0 Å². The van der Waals surface area contributed by atoms with E-state index in [1.54, 1.807) is 12.1 Å². The lowest BCUT2D eigenvalue weighted by Gasteiger charge is -2.22. The summed E-state index contributed by atoms with van der Waals surface area (Å²) in [6.07, 6.45) is -0.479. The number of rotatable bonds is 2. The maximum absolute atomic E-state index is 11.5. The maximum Gasteiger partial charge on any atom is 0.408 e. The van der Waals surface area contributed by atoms with E-state index in [0.717, 1.165) is 5.56 Å². The third kappa shape index (κ3) is 5.09. The number of benzene rings is 1. The predicted molar refractivity (Wildman–Crippen MR) is 68.9 cm³/mol. The van der Waals surface area contributed by atoms with Crippen molar-refractivity contribution in [2.75, 3.05) is 0 Å². The number of amides is 1. The smallest absolute Gasteiger partial charge is 0.408 e. The molecule has 1 atom stereocenters. The topological polar surface area (TPSA) is 38.3 Å². The van der Waals surface area contributed by atoms with Crippen LogP contribution in [0.15, 0.2) is 24.3 Å². The van der Waals surface area contributed by atoms with E-state index in [2.05, 4.69) is 12.2 Å². The summed E-state index contributed by atoms with van der Waals surface area (Å²) >= 11 is 5.78. The zero-order valence-electron chi connectivity index (χ0n) is 10.3. The molecule has 1 N–H and O–H groups in total. The highest BCUT2D eigenvalue weighted by atomic mass is 35.5. The molecule has 1 aromatic carbocycles. The standard InChI is InChI=1S/C13H17ClNO2/c1-9(10-5-7-11(14)8-6-10)15-12(16)17-13(2,3)4/h5-9H,1H2,2-4H3,(H,15,16). The summed E-state index contributed by atoms with van der Waals surface area (Å²) in [5, 5.41) is 3.31. The molecule has 0 aliphatic carbocycles. The SMILES string of the molecule is [CH2]C(NC(=O)OC(C)(C)C)c1ccc(Cl)cc1. The van der Waals surface area contributed by atoms with E-state index in [9.17, 15) is 4.79 Å². The predicted octanol–water partition coefficient (Wildman–Crippen LogP) is 3.74. The molecule has 93 valence electrons. The fraction of sp³-hybridized carbons (Fsp3) is 0.385. The summed E-state index contributed by atoms with van der Waals surface area (Å²) in [7, 11) is 0. The van der Waals surface area contributed by atoms with Gasteiger partial charge in [0, 0.05) is 5.02 Å². The van der Waals surface area contributed by atoms with Crippen molar-refractivity contribution in [1.29, 1.82) is 0 Å². The lowest BCUT2D eigenvalue weighted by atomic mass is 10.1. The highest BCUT2D eigenvalue weighted by molar-refractivity contribution is 6.30. The van der Waals surface area contributed by atoms with Gasteiger partial charge in [-0.3, -0.25) is 0 Å². The first-order valence-corrected chi connectivity index (χ1v) is 5.74. The molecule has 0 spiro atoms. The molecular formula is C13H17ClNO2. The Kier molecular flexibility index (Phi) is 4.40. The third-order valence-corrected chi connectivity index (χ3v) is 2.22. The van der Waals surface area contributed by atoms with Crippen LogP contribution in [0.1, 0.15) is 32.4 Å². The fourth-order valence-electron chi connectivity index (χ4n) is 1.23. The van der Waals surface area contributed by atoms with Crippen molar-refractivity contribution in [2.45, 2.75) is 32.4 Å². The first-order chi connectivity index (χ1) is 7.78. The Bertz CT molecular complexity index is 381. The minimum absolute atomic E-state index is 0.359. The molecule has 4 heteroatoms. The molecule has 1 radical (unpaired) electrons. The minimum atomic E-state index is -0.510. The van der Waals surface area contributed by atoms with Gasteiger partial charge in [-0.2, -0.15) is 0 Å². The molecule has 1 amide bonds. The van der Waals surface area contributed by atoms with Crippen molar-refractivity contribution in [3.8, 4) is 0 Å². The van der Waals surface area contributed by atoms with Crippen LogP contribution in [-0.2, 0) is 4.74 Å². The Hall–Kier alpha value is -1.22. The summed E-state index contributed by atoms with van der Waals surface area (Å²) in [5.74, 6) is 0. The molecule has 0 fully saturated rings. The number of nitrogens with one attached hydrogen (secondary N) is 1. The lowest BCUT2D eigenvalue weighted by molar-refractivity contribution is 0.0513. The number of hydrogen-bond donors (Lipinski definition) is 1. The van der Waals surface area contributed by atoms with E-state index >= 15 is 0 Å². The van der Waals surface area contributed by atoms with E-state index in [1.807, 2.05) is 32.9 Å². The van der Waals surface area contributed by atoms with Crippen molar-refractivity contribution < 1.29 is 9.53 Å². The van der Waals surface area contributed by atoms with E-state index in [4.69, 9.17) is 16.3 Å². The summed E-state index contributed by atoms with van der Waals surface area (Å²) in [5.41, 5.74) is 0.365. The molecule has 1 aromatic rings. The molecule has 0 heterocycles. The normalized spacial score (nSPS) is 13.0. The Morgan fingerprint density at radius 3 is 2.35 bits per heavy atom. The van der Waals surface area contributed by atoms with Crippen LogP contribution in [0, 0.1) is 6.92 Å². The van der Waals surface area contributed by atoms with Crippen molar-refractivity contribution in [3.63, 3.8) is 0 Å². The molecule has 17 heavy (non-hydrogen) atoms. The molecule has 0 saturated carbocycles. The zero-order chi connectivity index (χ0) is 13.1. The van der Waals surface area contributed by atoms with Crippen molar-refractivity contribution in [3.05, 3.63) is 41.8 Å². The molecule has 0 aromatic heterocycles. The van der Waals surface area contributed by atoms with Gasteiger partial charge in [-0.1, -0.05) is 23.7 Å². The van der Waals surface area contributed by atoms with Gasteiger partial charge in [0.1, 0.15) is 5.60 Å². The average Bonchev–Trinajstić information content (AvgIpc) is 2.15. The van der Waals surface area contributed by atoms with Gasteiger partial charge in [-0.15, -0.1) is 0 Å². The number of carbonyl (C=O) groups is 1. The minimum Gasteiger partial charge on any atom is -0.444 e. The van der Waals surface area contributed by atoms with E-state index < -0.39 is 11.7 Å². The van der Waals surface area contributed by atoms with Gasteiger partial charge in [0.25, 0.3) is 0 Å². The van der Waals surface area contributed by atoms with Gasteiger partial charge in [0.05, 0.1) is 6.04 Å². The number of hydrogen-bond acceptors (Lipinski definition) is 2. The summed E-state index contributed by atoms with van der Waals surface area (Å²) in [4.78, 5) is 11.5. The first-order valence-electron chi connectivity index (χ1n) is 5.36. The quantitative estimate of drug-likeness (QED) is 0.873. The monoisotopic (exact) mass is 254 g/mol. The second-order valence-electron chi connectivity index (χ2n) is 4.75. The molecule has 1 unspecified atom stereocenters. The molecular weight excluding hydrogens is 238 g/mol. The molecule has 0 saturated heterocycles. The average molecular weight is 255 g/mol. The van der Waals surface area contributed by atoms with Crippen molar-refractivity contribution in [1.82, 2.24) is 5.32 Å². The summed E-state index contributed by atoms with van der Waals surface area (Å²) in [6, 6.07) is 6.79. The summed E-state index contributed by atoms with van der Waals surface area (Å²) in [6.45, 7) is 9.29. The lowest BCUT2D eigenvalue weighted by Crippen LogP contribution is -2.34. The number of carbonyl (C=O) groups excluding carboxylic acids is 1. The Morgan fingerprint density at radius 1 is 1.35 bits per heavy atom. The fourth-order valence-corrected chi connectivity index (χ4v) is 1.35. The van der Waals surface area contributed by atoms with Crippen LogP contribution in [-0.4, -0.2) is 11.7 Å². The highest BCUT2D eigenvalue weighted by Gasteiger charge is 2.18. The van der Waals surface area contributed by atoms with Crippen molar-refractivity contribution in [2.24, 2.45) is 0 Å².